The zero-order valence-electron chi connectivity index (χ0n) is 12.9. The van der Waals surface area contributed by atoms with Crippen molar-refractivity contribution in [2.75, 3.05) is 16.8 Å². The van der Waals surface area contributed by atoms with Gasteiger partial charge >= 0.3 is 0 Å². The Hall–Kier alpha value is -2.43. The third-order valence-electron chi connectivity index (χ3n) is 4.18. The fourth-order valence-electron chi connectivity index (χ4n) is 2.93. The molecule has 3 nitrogen and oxygen atoms in total. The van der Waals surface area contributed by atoms with Crippen LogP contribution in [0.3, 0.4) is 0 Å². The molecule has 0 saturated carbocycles. The lowest BCUT2D eigenvalue weighted by atomic mass is 10.00. The van der Waals surface area contributed by atoms with Gasteiger partial charge in [-0.1, -0.05) is 18.2 Å². The summed E-state index contributed by atoms with van der Waals surface area (Å²) in [6.45, 7) is 2.57. The van der Waals surface area contributed by atoms with E-state index in [4.69, 9.17) is 0 Å². The number of carbonyl (C=O) groups excluding carboxylic acids is 1. The normalized spacial score (nSPS) is 15.0. The van der Waals surface area contributed by atoms with Gasteiger partial charge < -0.3 is 10.2 Å². The number of hydrogen-bond acceptors (Lipinski definition) is 2. The maximum absolute atomic E-state index is 13.7. The molecule has 1 N–H and O–H groups in total. The molecule has 5 heteroatoms. The van der Waals surface area contributed by atoms with Crippen molar-refractivity contribution in [1.29, 1.82) is 0 Å². The van der Waals surface area contributed by atoms with Crippen molar-refractivity contribution in [3.8, 4) is 0 Å². The zero-order valence-corrected chi connectivity index (χ0v) is 12.9. The summed E-state index contributed by atoms with van der Waals surface area (Å²) < 4.78 is 26.6. The molecule has 0 unspecified atom stereocenters. The number of rotatable bonds is 3. The summed E-state index contributed by atoms with van der Waals surface area (Å²) >= 11 is 0. The molecule has 0 radical (unpaired) electrons. The summed E-state index contributed by atoms with van der Waals surface area (Å²) in [5, 5.41) is 2.54. The summed E-state index contributed by atoms with van der Waals surface area (Å²) in [6.07, 6.45) is 1.97. The van der Waals surface area contributed by atoms with Gasteiger partial charge in [0.1, 0.15) is 17.7 Å². The molecule has 23 heavy (non-hydrogen) atoms. The van der Waals surface area contributed by atoms with Crippen LogP contribution in [0.15, 0.2) is 42.5 Å². The highest BCUT2D eigenvalue weighted by Gasteiger charge is 2.26. The van der Waals surface area contributed by atoms with E-state index >= 15 is 0 Å². The topological polar surface area (TPSA) is 32.3 Å². The van der Waals surface area contributed by atoms with E-state index in [9.17, 15) is 13.6 Å². The minimum Gasteiger partial charge on any atom is -0.360 e. The number of halogens is 2. The number of nitrogens with one attached hydrogen (secondary N) is 1. The second-order valence-corrected chi connectivity index (χ2v) is 5.72. The van der Waals surface area contributed by atoms with Crippen molar-refractivity contribution >= 4 is 17.3 Å². The van der Waals surface area contributed by atoms with E-state index in [0.29, 0.717) is 0 Å². The SMILES string of the molecule is C[C@@H](C(=O)Nc1ccc(F)cc1F)N1CCCc2ccccc21. The molecule has 1 heterocycles. The van der Waals surface area contributed by atoms with Gasteiger partial charge in [-0.05, 0) is 43.5 Å². The maximum Gasteiger partial charge on any atom is 0.246 e. The van der Waals surface area contributed by atoms with E-state index in [1.807, 2.05) is 23.1 Å². The molecule has 1 aliphatic heterocycles. The number of anilines is 2. The van der Waals surface area contributed by atoms with E-state index in [1.165, 1.54) is 11.6 Å². The average molecular weight is 316 g/mol. The van der Waals surface area contributed by atoms with Gasteiger partial charge in [-0.15, -0.1) is 0 Å². The Morgan fingerprint density at radius 2 is 2.00 bits per heavy atom. The molecular formula is C18H18F2N2O. The maximum atomic E-state index is 13.7. The summed E-state index contributed by atoms with van der Waals surface area (Å²) in [5.74, 6) is -1.75. The van der Waals surface area contributed by atoms with Crippen LogP contribution in [0.2, 0.25) is 0 Å². The fraction of sp³-hybridized carbons (Fsp3) is 0.278. The molecule has 1 aliphatic rings. The van der Waals surface area contributed by atoms with Crippen LogP contribution in [0.4, 0.5) is 20.2 Å². The third-order valence-corrected chi connectivity index (χ3v) is 4.18. The zero-order chi connectivity index (χ0) is 16.4. The Bertz CT molecular complexity index is 733. The first kappa shape index (κ1) is 15.5. The van der Waals surface area contributed by atoms with Crippen molar-refractivity contribution in [2.24, 2.45) is 0 Å². The minimum absolute atomic E-state index is 0.00598. The smallest absolute Gasteiger partial charge is 0.246 e. The number of aryl methyl sites for hydroxylation is 1. The summed E-state index contributed by atoms with van der Waals surface area (Å²) in [7, 11) is 0. The number of para-hydroxylation sites is 1. The van der Waals surface area contributed by atoms with E-state index in [2.05, 4.69) is 11.4 Å². The monoisotopic (exact) mass is 316 g/mol. The quantitative estimate of drug-likeness (QED) is 0.935. The van der Waals surface area contributed by atoms with Crippen LogP contribution in [0.25, 0.3) is 0 Å². The molecule has 1 atom stereocenters. The largest absolute Gasteiger partial charge is 0.360 e. The number of nitrogens with zero attached hydrogens (tertiary/aromatic N) is 1. The molecule has 3 rings (SSSR count). The highest BCUT2D eigenvalue weighted by Crippen LogP contribution is 2.28. The standard InChI is InChI=1S/C18H18F2N2O/c1-12(18(23)21-16-9-8-14(19)11-15(16)20)22-10-4-6-13-5-2-3-7-17(13)22/h2-3,5,7-9,11-12H,4,6,10H2,1H3,(H,21,23)/t12-/m0/s1. The number of carbonyl (C=O) groups is 1. The van der Waals surface area contributed by atoms with E-state index in [1.54, 1.807) is 6.92 Å². The Morgan fingerprint density at radius 3 is 2.78 bits per heavy atom. The van der Waals surface area contributed by atoms with Crippen molar-refractivity contribution in [3.63, 3.8) is 0 Å². The number of fused-ring (bicyclic) bond motifs is 1. The molecule has 0 spiro atoms. The van der Waals surface area contributed by atoms with E-state index < -0.39 is 17.7 Å². The first-order chi connectivity index (χ1) is 11.1. The molecule has 0 bridgehead atoms. The van der Waals surface area contributed by atoms with Crippen molar-refractivity contribution < 1.29 is 13.6 Å². The molecule has 2 aromatic carbocycles. The molecule has 0 aliphatic carbocycles. The fourth-order valence-corrected chi connectivity index (χ4v) is 2.93. The second kappa shape index (κ2) is 6.36. The highest BCUT2D eigenvalue weighted by molar-refractivity contribution is 5.96. The number of benzene rings is 2. The predicted molar refractivity (Wildman–Crippen MR) is 86.6 cm³/mol. The van der Waals surface area contributed by atoms with Gasteiger partial charge in [0, 0.05) is 18.3 Å². The lowest BCUT2D eigenvalue weighted by Crippen LogP contribution is -2.44. The molecular weight excluding hydrogens is 298 g/mol. The lowest BCUT2D eigenvalue weighted by Gasteiger charge is -2.35. The van der Waals surface area contributed by atoms with Crippen molar-refractivity contribution in [3.05, 3.63) is 59.7 Å². The van der Waals surface area contributed by atoms with E-state index in [-0.39, 0.29) is 11.6 Å². The van der Waals surface area contributed by atoms with E-state index in [0.717, 1.165) is 37.2 Å². The Kier molecular flexibility index (Phi) is 4.28. The minimum atomic E-state index is -0.774. The molecule has 120 valence electrons. The van der Waals surface area contributed by atoms with Crippen molar-refractivity contribution in [1.82, 2.24) is 0 Å². The van der Waals surface area contributed by atoms with Gasteiger partial charge in [0.2, 0.25) is 5.91 Å². The van der Waals surface area contributed by atoms with Gasteiger partial charge in [-0.2, -0.15) is 0 Å². The van der Waals surface area contributed by atoms with Crippen molar-refractivity contribution in [2.45, 2.75) is 25.8 Å². The summed E-state index contributed by atoms with van der Waals surface area (Å²) in [5.41, 5.74) is 2.25. The van der Waals surface area contributed by atoms with Crippen LogP contribution in [0.5, 0.6) is 0 Å². The van der Waals surface area contributed by atoms with Gasteiger partial charge in [-0.3, -0.25) is 4.79 Å². The Balaban J connectivity index is 1.78. The Morgan fingerprint density at radius 1 is 1.22 bits per heavy atom. The highest BCUT2D eigenvalue weighted by atomic mass is 19.1. The average Bonchev–Trinajstić information content (AvgIpc) is 2.56. The predicted octanol–water partition coefficient (Wildman–Crippen LogP) is 3.74. The third kappa shape index (κ3) is 3.18. The molecule has 1 amide bonds. The lowest BCUT2D eigenvalue weighted by molar-refractivity contribution is -0.117. The van der Waals surface area contributed by atoms with Gasteiger partial charge in [0.25, 0.3) is 0 Å². The Labute approximate surface area is 133 Å². The van der Waals surface area contributed by atoms with Crippen LogP contribution in [0.1, 0.15) is 18.9 Å². The van der Waals surface area contributed by atoms with Crippen LogP contribution >= 0.6 is 0 Å². The second-order valence-electron chi connectivity index (χ2n) is 5.72. The molecule has 0 saturated heterocycles. The van der Waals surface area contributed by atoms with Gasteiger partial charge in [0.15, 0.2) is 0 Å². The molecule has 2 aromatic rings. The van der Waals surface area contributed by atoms with Crippen LogP contribution < -0.4 is 10.2 Å². The van der Waals surface area contributed by atoms with Crippen LogP contribution in [-0.4, -0.2) is 18.5 Å². The summed E-state index contributed by atoms with van der Waals surface area (Å²) in [4.78, 5) is 14.5. The first-order valence-corrected chi connectivity index (χ1v) is 7.67. The van der Waals surface area contributed by atoms with Crippen LogP contribution in [0, 0.1) is 11.6 Å². The molecule has 0 aromatic heterocycles. The van der Waals surface area contributed by atoms with Gasteiger partial charge in [0.05, 0.1) is 5.69 Å². The molecule has 0 fully saturated rings. The van der Waals surface area contributed by atoms with Crippen LogP contribution in [-0.2, 0) is 11.2 Å². The first-order valence-electron chi connectivity index (χ1n) is 7.67. The summed E-state index contributed by atoms with van der Waals surface area (Å²) in [6, 6.07) is 10.7. The number of amides is 1. The number of hydrogen-bond donors (Lipinski definition) is 1. The van der Waals surface area contributed by atoms with Gasteiger partial charge in [-0.25, -0.2) is 8.78 Å².